The molecule has 3 heterocycles. The maximum absolute atomic E-state index is 13.1. The van der Waals surface area contributed by atoms with Crippen LogP contribution in [0, 0.1) is 6.92 Å². The number of nitrogens with zero attached hydrogens (tertiary/aromatic N) is 5. The van der Waals surface area contributed by atoms with Gasteiger partial charge in [-0.2, -0.15) is 0 Å². The Balaban J connectivity index is 1.43. The van der Waals surface area contributed by atoms with Crippen molar-refractivity contribution in [2.45, 2.75) is 13.5 Å². The topological polar surface area (TPSA) is 61.7 Å². The number of aromatic nitrogens is 2. The lowest BCUT2D eigenvalue weighted by atomic mass is 10.2. The molecule has 1 aliphatic rings. The molecule has 1 saturated heterocycles. The fourth-order valence-corrected chi connectivity index (χ4v) is 5.31. The number of aryl methyl sites for hydroxylation is 1. The van der Waals surface area contributed by atoms with E-state index in [1.165, 1.54) is 16.2 Å². The van der Waals surface area contributed by atoms with E-state index in [0.717, 1.165) is 49.0 Å². The zero-order valence-electron chi connectivity index (χ0n) is 18.0. The Labute approximate surface area is 190 Å². The number of para-hydroxylation sites is 1. The van der Waals surface area contributed by atoms with Crippen molar-refractivity contribution in [3.63, 3.8) is 0 Å². The van der Waals surface area contributed by atoms with Crippen molar-refractivity contribution in [3.8, 4) is 0 Å². The molecular formula is C22H26ClN5O2S. The van der Waals surface area contributed by atoms with Crippen LogP contribution in [0.2, 0.25) is 5.02 Å². The van der Waals surface area contributed by atoms with Gasteiger partial charge in [0, 0.05) is 53.4 Å². The largest absolute Gasteiger partial charge is 0.368 e. The van der Waals surface area contributed by atoms with Crippen molar-refractivity contribution < 1.29 is 4.79 Å². The van der Waals surface area contributed by atoms with Crippen LogP contribution in [0.4, 0.5) is 5.69 Å². The first-order valence-electron chi connectivity index (χ1n) is 10.3. The predicted octanol–water partition coefficient (Wildman–Crippen LogP) is 2.94. The zero-order chi connectivity index (χ0) is 22.1. The molecule has 164 valence electrons. The molecule has 1 fully saturated rings. The average Bonchev–Trinajstić information content (AvgIpc) is 3.10. The molecular weight excluding hydrogens is 434 g/mol. The number of thiophene rings is 1. The van der Waals surface area contributed by atoms with E-state index in [-0.39, 0.29) is 11.5 Å². The smallest absolute Gasteiger partial charge is 0.263 e. The van der Waals surface area contributed by atoms with Crippen LogP contribution >= 0.6 is 22.9 Å². The van der Waals surface area contributed by atoms with Crippen molar-refractivity contribution >= 4 is 44.7 Å². The van der Waals surface area contributed by atoms with Crippen LogP contribution in [-0.4, -0.2) is 72.1 Å². The lowest BCUT2D eigenvalue weighted by molar-refractivity contribution is 0.0831. The summed E-state index contributed by atoms with van der Waals surface area (Å²) in [6.45, 7) is 6.79. The van der Waals surface area contributed by atoms with Gasteiger partial charge in [-0.25, -0.2) is 4.98 Å². The van der Waals surface area contributed by atoms with E-state index >= 15 is 0 Å². The highest BCUT2D eigenvalue weighted by Crippen LogP contribution is 2.28. The first-order valence-corrected chi connectivity index (χ1v) is 11.5. The van der Waals surface area contributed by atoms with Crippen LogP contribution < -0.4 is 10.5 Å². The third-order valence-corrected chi connectivity index (χ3v) is 7.25. The second kappa shape index (κ2) is 8.98. The Morgan fingerprint density at radius 2 is 1.87 bits per heavy atom. The van der Waals surface area contributed by atoms with Crippen LogP contribution in [0.3, 0.4) is 0 Å². The summed E-state index contributed by atoms with van der Waals surface area (Å²) in [5, 5.41) is 1.33. The zero-order valence-corrected chi connectivity index (χ0v) is 19.5. The first kappa shape index (κ1) is 21.8. The van der Waals surface area contributed by atoms with Crippen LogP contribution in [-0.2, 0) is 6.54 Å². The monoisotopic (exact) mass is 459 g/mol. The fraction of sp³-hybridized carbons (Fsp3) is 0.409. The van der Waals surface area contributed by atoms with Crippen molar-refractivity contribution in [2.24, 2.45) is 0 Å². The minimum atomic E-state index is -0.0946. The molecule has 4 rings (SSSR count). The van der Waals surface area contributed by atoms with Gasteiger partial charge in [0.25, 0.3) is 11.5 Å². The van der Waals surface area contributed by atoms with E-state index in [9.17, 15) is 9.59 Å². The van der Waals surface area contributed by atoms with E-state index in [1.54, 1.807) is 25.0 Å². The number of carbonyl (C=O) groups excluding carboxylic acids is 1. The summed E-state index contributed by atoms with van der Waals surface area (Å²) in [5.41, 5.74) is 1.72. The molecule has 0 N–H and O–H groups in total. The molecule has 0 radical (unpaired) electrons. The molecule has 1 amide bonds. The van der Waals surface area contributed by atoms with Gasteiger partial charge in [0.05, 0.1) is 27.3 Å². The van der Waals surface area contributed by atoms with E-state index in [1.807, 2.05) is 25.1 Å². The number of hydrogen-bond acceptors (Lipinski definition) is 6. The fourth-order valence-electron chi connectivity index (χ4n) is 3.90. The van der Waals surface area contributed by atoms with Gasteiger partial charge < -0.3 is 9.80 Å². The number of benzene rings is 1. The lowest BCUT2D eigenvalue weighted by Crippen LogP contribution is -2.47. The molecule has 1 aliphatic heterocycles. The van der Waals surface area contributed by atoms with E-state index < -0.39 is 0 Å². The quantitative estimate of drug-likeness (QED) is 0.587. The molecule has 0 aliphatic carbocycles. The standard InChI is InChI=1S/C22H26ClN5O2S/c1-15-18-20(31-19(15)22(30)25(2)3)24-14-28(21(18)29)13-10-26-8-11-27(12-9-26)17-7-5-4-6-16(17)23/h4-7,14H,8-13H2,1-3H3. The number of rotatable bonds is 5. The Hall–Kier alpha value is -2.42. The van der Waals surface area contributed by atoms with Gasteiger partial charge in [0.1, 0.15) is 4.83 Å². The molecule has 9 heteroatoms. The molecule has 0 saturated carbocycles. The summed E-state index contributed by atoms with van der Waals surface area (Å²) in [5.74, 6) is -0.0946. The number of carbonyl (C=O) groups is 1. The maximum atomic E-state index is 13.1. The normalized spacial score (nSPS) is 14.9. The van der Waals surface area contributed by atoms with Crippen molar-refractivity contribution in [3.05, 3.63) is 56.4 Å². The molecule has 31 heavy (non-hydrogen) atoms. The summed E-state index contributed by atoms with van der Waals surface area (Å²) in [7, 11) is 3.42. The number of hydrogen-bond donors (Lipinski definition) is 0. The molecule has 0 bridgehead atoms. The molecule has 2 aromatic heterocycles. The van der Waals surface area contributed by atoms with Gasteiger partial charge >= 0.3 is 0 Å². The van der Waals surface area contributed by atoms with Crippen LogP contribution in [0.5, 0.6) is 0 Å². The van der Waals surface area contributed by atoms with Crippen LogP contribution in [0.15, 0.2) is 35.4 Å². The predicted molar refractivity (Wildman–Crippen MR) is 127 cm³/mol. The summed E-state index contributed by atoms with van der Waals surface area (Å²) < 4.78 is 1.66. The van der Waals surface area contributed by atoms with Gasteiger partial charge in [0.15, 0.2) is 0 Å². The number of piperazine rings is 1. The highest BCUT2D eigenvalue weighted by molar-refractivity contribution is 7.20. The minimum absolute atomic E-state index is 0.0775. The molecule has 0 unspecified atom stereocenters. The van der Waals surface area contributed by atoms with E-state index in [0.29, 0.717) is 21.6 Å². The average molecular weight is 460 g/mol. The van der Waals surface area contributed by atoms with Crippen molar-refractivity contribution in [1.82, 2.24) is 19.4 Å². The van der Waals surface area contributed by atoms with E-state index in [4.69, 9.17) is 11.6 Å². The highest BCUT2D eigenvalue weighted by Gasteiger charge is 2.22. The highest BCUT2D eigenvalue weighted by atomic mass is 35.5. The van der Waals surface area contributed by atoms with Crippen molar-refractivity contribution in [2.75, 3.05) is 51.7 Å². The van der Waals surface area contributed by atoms with Crippen molar-refractivity contribution in [1.29, 1.82) is 0 Å². The molecule has 0 atom stereocenters. The van der Waals surface area contributed by atoms with Gasteiger partial charge in [-0.3, -0.25) is 19.1 Å². The summed E-state index contributed by atoms with van der Waals surface area (Å²) >= 11 is 7.61. The molecule has 7 nitrogen and oxygen atoms in total. The van der Waals surface area contributed by atoms with Gasteiger partial charge in [-0.15, -0.1) is 11.3 Å². The Bertz CT molecular complexity index is 1160. The minimum Gasteiger partial charge on any atom is -0.368 e. The van der Waals surface area contributed by atoms with Crippen LogP contribution in [0.25, 0.3) is 10.2 Å². The SMILES string of the molecule is Cc1c(C(=O)N(C)C)sc2ncn(CCN3CCN(c4ccccc4Cl)CC3)c(=O)c12. The maximum Gasteiger partial charge on any atom is 0.263 e. The van der Waals surface area contributed by atoms with Gasteiger partial charge in [0.2, 0.25) is 0 Å². The molecule has 3 aromatic rings. The second-order valence-electron chi connectivity index (χ2n) is 7.96. The summed E-state index contributed by atoms with van der Waals surface area (Å²) in [6.07, 6.45) is 1.60. The Kier molecular flexibility index (Phi) is 6.31. The second-order valence-corrected chi connectivity index (χ2v) is 9.37. The Morgan fingerprint density at radius 1 is 1.16 bits per heavy atom. The number of halogens is 1. The third kappa shape index (κ3) is 4.33. The Morgan fingerprint density at radius 3 is 2.55 bits per heavy atom. The number of amides is 1. The number of anilines is 1. The lowest BCUT2D eigenvalue weighted by Gasteiger charge is -2.36. The molecule has 0 spiro atoms. The third-order valence-electron chi connectivity index (χ3n) is 5.74. The summed E-state index contributed by atoms with van der Waals surface area (Å²) in [6, 6.07) is 7.92. The first-order chi connectivity index (χ1) is 14.9. The molecule has 1 aromatic carbocycles. The van der Waals surface area contributed by atoms with Gasteiger partial charge in [-0.05, 0) is 24.6 Å². The summed E-state index contributed by atoms with van der Waals surface area (Å²) in [4.78, 5) is 37.3. The van der Waals surface area contributed by atoms with E-state index in [2.05, 4.69) is 20.9 Å². The van der Waals surface area contributed by atoms with Crippen LogP contribution in [0.1, 0.15) is 15.2 Å². The van der Waals surface area contributed by atoms with Gasteiger partial charge in [-0.1, -0.05) is 23.7 Å². The number of fused-ring (bicyclic) bond motifs is 1.